The zero-order chi connectivity index (χ0) is 13.1. The SMILES string of the molecule is CC1CCC(NC(=O)c2ccc(I)c(Cl)c2)CC1. The van der Waals surface area contributed by atoms with E-state index in [9.17, 15) is 4.79 Å². The van der Waals surface area contributed by atoms with Crippen LogP contribution < -0.4 is 5.32 Å². The highest BCUT2D eigenvalue weighted by atomic mass is 127. The van der Waals surface area contributed by atoms with Gasteiger partial charge in [0.25, 0.3) is 5.91 Å². The van der Waals surface area contributed by atoms with E-state index in [1.807, 2.05) is 12.1 Å². The summed E-state index contributed by atoms with van der Waals surface area (Å²) < 4.78 is 0.970. The zero-order valence-corrected chi connectivity index (χ0v) is 13.3. The summed E-state index contributed by atoms with van der Waals surface area (Å²) in [7, 11) is 0. The molecule has 1 fully saturated rings. The molecule has 1 N–H and O–H groups in total. The van der Waals surface area contributed by atoms with Crippen LogP contribution in [0.4, 0.5) is 0 Å². The number of hydrogen-bond acceptors (Lipinski definition) is 1. The normalized spacial score (nSPS) is 23.7. The summed E-state index contributed by atoms with van der Waals surface area (Å²) in [6, 6.07) is 5.77. The molecule has 0 bridgehead atoms. The van der Waals surface area contributed by atoms with Gasteiger partial charge in [0.05, 0.1) is 5.02 Å². The lowest BCUT2D eigenvalue weighted by Crippen LogP contribution is -2.37. The van der Waals surface area contributed by atoms with E-state index in [1.165, 1.54) is 12.8 Å². The topological polar surface area (TPSA) is 29.1 Å². The standard InChI is InChI=1S/C14H17ClINO/c1-9-2-5-11(6-3-9)17-14(18)10-4-7-13(16)12(15)8-10/h4,7-9,11H,2-3,5-6H2,1H3,(H,17,18). The highest BCUT2D eigenvalue weighted by Gasteiger charge is 2.20. The molecule has 0 aromatic heterocycles. The molecule has 0 aliphatic heterocycles. The van der Waals surface area contributed by atoms with E-state index in [0.29, 0.717) is 16.6 Å². The summed E-state index contributed by atoms with van der Waals surface area (Å²) in [5.74, 6) is 0.791. The van der Waals surface area contributed by atoms with Crippen molar-refractivity contribution in [2.24, 2.45) is 5.92 Å². The molecule has 0 spiro atoms. The molecule has 0 heterocycles. The number of halogens is 2. The Morgan fingerprint density at radius 1 is 1.33 bits per heavy atom. The van der Waals surface area contributed by atoms with Crippen LogP contribution in [-0.2, 0) is 0 Å². The van der Waals surface area contributed by atoms with E-state index in [0.717, 1.165) is 22.3 Å². The van der Waals surface area contributed by atoms with Gasteiger partial charge in [0.2, 0.25) is 0 Å². The van der Waals surface area contributed by atoms with Gasteiger partial charge in [-0.3, -0.25) is 4.79 Å². The van der Waals surface area contributed by atoms with E-state index in [-0.39, 0.29) is 5.91 Å². The Balaban J connectivity index is 1.97. The minimum Gasteiger partial charge on any atom is -0.349 e. The van der Waals surface area contributed by atoms with Gasteiger partial charge < -0.3 is 5.32 Å². The molecule has 1 saturated carbocycles. The average Bonchev–Trinajstić information content (AvgIpc) is 2.35. The van der Waals surface area contributed by atoms with Crippen molar-refractivity contribution in [2.75, 3.05) is 0 Å². The second-order valence-corrected chi connectivity index (χ2v) is 6.63. The number of hydrogen-bond donors (Lipinski definition) is 1. The smallest absolute Gasteiger partial charge is 0.251 e. The maximum atomic E-state index is 12.1. The average molecular weight is 378 g/mol. The number of nitrogens with one attached hydrogen (secondary N) is 1. The van der Waals surface area contributed by atoms with Crippen molar-refractivity contribution in [1.82, 2.24) is 5.32 Å². The molecule has 4 heteroatoms. The third-order valence-electron chi connectivity index (χ3n) is 3.53. The lowest BCUT2D eigenvalue weighted by molar-refractivity contribution is 0.0923. The van der Waals surface area contributed by atoms with Crippen LogP contribution in [0.3, 0.4) is 0 Å². The molecular weight excluding hydrogens is 361 g/mol. The van der Waals surface area contributed by atoms with Crippen molar-refractivity contribution in [3.8, 4) is 0 Å². The largest absolute Gasteiger partial charge is 0.349 e. The van der Waals surface area contributed by atoms with Gasteiger partial charge in [-0.15, -0.1) is 0 Å². The van der Waals surface area contributed by atoms with Gasteiger partial charge in [-0.1, -0.05) is 18.5 Å². The molecule has 1 aromatic rings. The third-order valence-corrected chi connectivity index (χ3v) is 5.11. The van der Waals surface area contributed by atoms with Crippen LogP contribution in [0, 0.1) is 9.49 Å². The number of amides is 1. The summed E-state index contributed by atoms with van der Waals surface area (Å²) in [6.45, 7) is 2.27. The Morgan fingerprint density at radius 2 is 2.00 bits per heavy atom. The van der Waals surface area contributed by atoms with E-state index in [4.69, 9.17) is 11.6 Å². The Kier molecular flexibility index (Phi) is 4.90. The highest BCUT2D eigenvalue weighted by molar-refractivity contribution is 14.1. The summed E-state index contributed by atoms with van der Waals surface area (Å²) in [5, 5.41) is 3.74. The summed E-state index contributed by atoms with van der Waals surface area (Å²) in [6.07, 6.45) is 4.59. The van der Waals surface area contributed by atoms with Crippen molar-refractivity contribution in [3.05, 3.63) is 32.4 Å². The van der Waals surface area contributed by atoms with Crippen molar-refractivity contribution in [3.63, 3.8) is 0 Å². The van der Waals surface area contributed by atoms with Gasteiger partial charge in [-0.05, 0) is 72.4 Å². The van der Waals surface area contributed by atoms with Crippen LogP contribution in [0.1, 0.15) is 43.0 Å². The van der Waals surface area contributed by atoms with E-state index in [1.54, 1.807) is 6.07 Å². The minimum atomic E-state index is -0.00662. The molecule has 2 nitrogen and oxygen atoms in total. The first-order chi connectivity index (χ1) is 8.56. The summed E-state index contributed by atoms with van der Waals surface area (Å²) in [4.78, 5) is 12.1. The third kappa shape index (κ3) is 3.60. The highest BCUT2D eigenvalue weighted by Crippen LogP contribution is 2.24. The monoisotopic (exact) mass is 377 g/mol. The molecular formula is C14H17ClINO. The van der Waals surface area contributed by atoms with Crippen molar-refractivity contribution < 1.29 is 4.79 Å². The lowest BCUT2D eigenvalue weighted by atomic mass is 9.87. The Bertz CT molecular complexity index is 441. The molecule has 2 rings (SSSR count). The molecule has 1 aliphatic rings. The van der Waals surface area contributed by atoms with Gasteiger partial charge in [0.15, 0.2) is 0 Å². The molecule has 0 saturated heterocycles. The number of benzene rings is 1. The molecule has 0 unspecified atom stereocenters. The first-order valence-corrected chi connectivity index (χ1v) is 7.78. The fraction of sp³-hybridized carbons (Fsp3) is 0.500. The quantitative estimate of drug-likeness (QED) is 0.767. The molecule has 18 heavy (non-hydrogen) atoms. The van der Waals surface area contributed by atoms with Crippen molar-refractivity contribution >= 4 is 40.1 Å². The Morgan fingerprint density at radius 3 is 2.61 bits per heavy atom. The van der Waals surface area contributed by atoms with Crippen LogP contribution in [0.2, 0.25) is 5.02 Å². The second kappa shape index (κ2) is 6.24. The van der Waals surface area contributed by atoms with Gasteiger partial charge in [-0.25, -0.2) is 0 Å². The summed E-state index contributed by atoms with van der Waals surface area (Å²) >= 11 is 8.19. The number of carbonyl (C=O) groups is 1. The van der Waals surface area contributed by atoms with Crippen molar-refractivity contribution in [2.45, 2.75) is 38.6 Å². The maximum Gasteiger partial charge on any atom is 0.251 e. The van der Waals surface area contributed by atoms with E-state index < -0.39 is 0 Å². The summed E-state index contributed by atoms with van der Waals surface area (Å²) in [5.41, 5.74) is 0.652. The fourth-order valence-electron chi connectivity index (χ4n) is 2.31. The van der Waals surface area contributed by atoms with Crippen LogP contribution in [-0.4, -0.2) is 11.9 Å². The minimum absolute atomic E-state index is 0.00662. The van der Waals surface area contributed by atoms with E-state index in [2.05, 4.69) is 34.8 Å². The van der Waals surface area contributed by atoms with E-state index >= 15 is 0 Å². The second-order valence-electron chi connectivity index (χ2n) is 5.06. The van der Waals surface area contributed by atoms with Gasteiger partial charge in [-0.2, -0.15) is 0 Å². The molecule has 1 amide bonds. The van der Waals surface area contributed by atoms with Crippen molar-refractivity contribution in [1.29, 1.82) is 0 Å². The Hall–Kier alpha value is -0.290. The molecule has 0 atom stereocenters. The Labute approximate surface area is 127 Å². The van der Waals surface area contributed by atoms with Crippen LogP contribution in [0.5, 0.6) is 0 Å². The predicted octanol–water partition coefficient (Wildman–Crippen LogP) is 4.25. The van der Waals surface area contributed by atoms with Crippen LogP contribution in [0.25, 0.3) is 0 Å². The van der Waals surface area contributed by atoms with Gasteiger partial charge in [0, 0.05) is 15.2 Å². The first-order valence-electron chi connectivity index (χ1n) is 6.32. The molecule has 1 aliphatic carbocycles. The van der Waals surface area contributed by atoms with Crippen LogP contribution in [0.15, 0.2) is 18.2 Å². The molecule has 0 radical (unpaired) electrons. The van der Waals surface area contributed by atoms with Gasteiger partial charge >= 0.3 is 0 Å². The maximum absolute atomic E-state index is 12.1. The lowest BCUT2D eigenvalue weighted by Gasteiger charge is -2.26. The molecule has 98 valence electrons. The van der Waals surface area contributed by atoms with Gasteiger partial charge in [0.1, 0.15) is 0 Å². The predicted molar refractivity (Wildman–Crippen MR) is 83.1 cm³/mol. The van der Waals surface area contributed by atoms with Crippen LogP contribution >= 0.6 is 34.2 Å². The zero-order valence-electron chi connectivity index (χ0n) is 10.4. The number of rotatable bonds is 2. The first kappa shape index (κ1) is 14.1. The molecule has 1 aromatic carbocycles. The number of carbonyl (C=O) groups excluding carboxylic acids is 1. The fourth-order valence-corrected chi connectivity index (χ4v) is 2.83.